The fourth-order valence-corrected chi connectivity index (χ4v) is 1.30. The molecule has 0 spiro atoms. The van der Waals surface area contributed by atoms with Crippen LogP contribution in [-0.4, -0.2) is 14.3 Å². The smallest absolute Gasteiger partial charge is 0.300 e. The first-order valence-electron chi connectivity index (χ1n) is 3.46. The van der Waals surface area contributed by atoms with E-state index in [1.165, 1.54) is 16.7 Å². The maximum atomic E-state index is 10.5. The van der Waals surface area contributed by atoms with Crippen molar-refractivity contribution in [1.82, 2.24) is 9.38 Å². The second kappa shape index (κ2) is 2.70. The molecular weight excluding hydrogens is 194 g/mol. The van der Waals surface area contributed by atoms with Crippen molar-refractivity contribution in [2.75, 3.05) is 0 Å². The van der Waals surface area contributed by atoms with Crippen molar-refractivity contribution in [2.24, 2.45) is 0 Å². The molecule has 0 N–H and O–H groups in total. The lowest BCUT2D eigenvalue weighted by molar-refractivity contribution is -0.383. The van der Waals surface area contributed by atoms with Crippen LogP contribution in [0, 0.1) is 10.1 Å². The number of nitrogens with zero attached hydrogens (tertiary/aromatic N) is 3. The van der Waals surface area contributed by atoms with E-state index in [0.717, 1.165) is 0 Å². The van der Waals surface area contributed by atoms with E-state index < -0.39 is 4.92 Å². The molecule has 0 amide bonds. The fraction of sp³-hybridized carbons (Fsp3) is 0. The van der Waals surface area contributed by atoms with E-state index in [-0.39, 0.29) is 16.5 Å². The largest absolute Gasteiger partial charge is 0.312 e. The summed E-state index contributed by atoms with van der Waals surface area (Å²) in [7, 11) is 0. The van der Waals surface area contributed by atoms with Gasteiger partial charge in [-0.15, -0.1) is 0 Å². The zero-order valence-corrected chi connectivity index (χ0v) is 7.10. The van der Waals surface area contributed by atoms with Gasteiger partial charge in [-0.1, -0.05) is 11.6 Å². The van der Waals surface area contributed by atoms with Crippen LogP contribution in [0.4, 0.5) is 5.69 Å². The third kappa shape index (κ3) is 1.23. The number of pyridine rings is 1. The summed E-state index contributed by atoms with van der Waals surface area (Å²) >= 11 is 5.61. The van der Waals surface area contributed by atoms with Crippen LogP contribution in [0.2, 0.25) is 5.15 Å². The van der Waals surface area contributed by atoms with Gasteiger partial charge in [-0.3, -0.25) is 14.5 Å². The average molecular weight is 198 g/mol. The minimum atomic E-state index is -0.487. The lowest BCUT2D eigenvalue weighted by Gasteiger charge is -1.92. The molecule has 2 heterocycles. The molecule has 0 bridgehead atoms. The molecular formula is C7H4ClN3O2. The van der Waals surface area contributed by atoms with Crippen LogP contribution in [-0.2, 0) is 0 Å². The Balaban J connectivity index is 2.82. The molecule has 0 aromatic carbocycles. The van der Waals surface area contributed by atoms with Gasteiger partial charge in [0, 0.05) is 18.5 Å². The molecule has 5 nitrogen and oxygen atoms in total. The van der Waals surface area contributed by atoms with Crippen LogP contribution < -0.4 is 0 Å². The summed E-state index contributed by atoms with van der Waals surface area (Å²) < 4.78 is 1.51. The maximum Gasteiger partial charge on any atom is 0.312 e. The summed E-state index contributed by atoms with van der Waals surface area (Å²) in [5.74, 6) is 0. The molecule has 0 saturated carbocycles. The highest BCUT2D eigenvalue weighted by molar-refractivity contribution is 6.29. The minimum absolute atomic E-state index is 0.0469. The number of rotatable bonds is 1. The monoisotopic (exact) mass is 197 g/mol. The predicted molar refractivity (Wildman–Crippen MR) is 46.9 cm³/mol. The average Bonchev–Trinajstić information content (AvgIpc) is 2.43. The minimum Gasteiger partial charge on any atom is -0.300 e. The molecule has 0 aliphatic carbocycles. The second-order valence-electron chi connectivity index (χ2n) is 2.45. The Hall–Kier alpha value is -1.62. The molecule has 2 aromatic rings. The molecule has 13 heavy (non-hydrogen) atoms. The Bertz CT molecular complexity index is 480. The van der Waals surface area contributed by atoms with Crippen molar-refractivity contribution >= 4 is 22.9 Å². The van der Waals surface area contributed by atoms with Gasteiger partial charge < -0.3 is 0 Å². The number of hydrogen-bond donors (Lipinski definition) is 0. The second-order valence-corrected chi connectivity index (χ2v) is 2.83. The van der Waals surface area contributed by atoms with E-state index in [1.54, 1.807) is 12.3 Å². The van der Waals surface area contributed by atoms with Crippen LogP contribution in [0.1, 0.15) is 0 Å². The summed E-state index contributed by atoms with van der Waals surface area (Å²) in [6.45, 7) is 0. The highest BCUT2D eigenvalue weighted by Gasteiger charge is 2.13. The topological polar surface area (TPSA) is 60.4 Å². The molecule has 0 unspecified atom stereocenters. The first kappa shape index (κ1) is 8.00. The fourth-order valence-electron chi connectivity index (χ4n) is 1.11. The first-order valence-corrected chi connectivity index (χ1v) is 3.84. The van der Waals surface area contributed by atoms with Gasteiger partial charge in [0.2, 0.25) is 5.65 Å². The lowest BCUT2D eigenvalue weighted by Crippen LogP contribution is -1.92. The molecule has 0 aliphatic heterocycles. The van der Waals surface area contributed by atoms with Crippen molar-refractivity contribution in [3.63, 3.8) is 0 Å². The SMILES string of the molecule is O=[N+]([O-])c1cccn2cc(Cl)nc12. The summed E-state index contributed by atoms with van der Waals surface area (Å²) in [5.41, 5.74) is 0.215. The van der Waals surface area contributed by atoms with Crippen molar-refractivity contribution < 1.29 is 4.92 Å². The van der Waals surface area contributed by atoms with Crippen molar-refractivity contribution in [3.8, 4) is 0 Å². The van der Waals surface area contributed by atoms with Crippen LogP contribution in [0.5, 0.6) is 0 Å². The van der Waals surface area contributed by atoms with Gasteiger partial charge in [-0.25, -0.2) is 4.98 Å². The number of nitro groups is 1. The zero-order chi connectivity index (χ0) is 9.42. The van der Waals surface area contributed by atoms with E-state index in [2.05, 4.69) is 4.98 Å². The van der Waals surface area contributed by atoms with Gasteiger partial charge in [0.05, 0.1) is 4.92 Å². The zero-order valence-electron chi connectivity index (χ0n) is 6.35. The molecule has 2 aromatic heterocycles. The van der Waals surface area contributed by atoms with E-state index >= 15 is 0 Å². The van der Waals surface area contributed by atoms with E-state index in [0.29, 0.717) is 0 Å². The van der Waals surface area contributed by atoms with Crippen molar-refractivity contribution in [1.29, 1.82) is 0 Å². The maximum absolute atomic E-state index is 10.5. The van der Waals surface area contributed by atoms with Gasteiger partial charge in [-0.2, -0.15) is 0 Å². The normalized spacial score (nSPS) is 10.5. The first-order chi connectivity index (χ1) is 6.18. The molecule has 6 heteroatoms. The summed E-state index contributed by atoms with van der Waals surface area (Å²) in [4.78, 5) is 13.9. The van der Waals surface area contributed by atoms with Crippen LogP contribution in [0.15, 0.2) is 24.5 Å². The number of fused-ring (bicyclic) bond motifs is 1. The van der Waals surface area contributed by atoms with Gasteiger partial charge in [0.15, 0.2) is 0 Å². The Morgan fingerprint density at radius 2 is 2.38 bits per heavy atom. The molecule has 0 fully saturated rings. The number of imidazole rings is 1. The highest BCUT2D eigenvalue weighted by Crippen LogP contribution is 2.19. The Labute approximate surface area is 77.7 Å². The van der Waals surface area contributed by atoms with Crippen molar-refractivity contribution in [3.05, 3.63) is 39.8 Å². The van der Waals surface area contributed by atoms with Gasteiger partial charge >= 0.3 is 5.69 Å². The number of halogens is 1. The predicted octanol–water partition coefficient (Wildman–Crippen LogP) is 1.90. The van der Waals surface area contributed by atoms with E-state index in [1.807, 2.05) is 0 Å². The summed E-state index contributed by atoms with van der Waals surface area (Å²) in [6.07, 6.45) is 3.17. The third-order valence-corrected chi connectivity index (χ3v) is 1.81. The van der Waals surface area contributed by atoms with Gasteiger partial charge in [-0.05, 0) is 6.07 Å². The van der Waals surface area contributed by atoms with Gasteiger partial charge in [0.1, 0.15) is 5.15 Å². The Morgan fingerprint density at radius 1 is 1.62 bits per heavy atom. The van der Waals surface area contributed by atoms with Crippen molar-refractivity contribution in [2.45, 2.75) is 0 Å². The van der Waals surface area contributed by atoms with Crippen LogP contribution in [0.25, 0.3) is 5.65 Å². The Kier molecular flexibility index (Phi) is 1.66. The Morgan fingerprint density at radius 3 is 3.08 bits per heavy atom. The molecule has 0 radical (unpaired) electrons. The highest BCUT2D eigenvalue weighted by atomic mass is 35.5. The standard InChI is InChI=1S/C7H4ClN3O2/c8-6-4-10-3-1-2-5(11(12)13)7(10)9-6/h1-4H. The van der Waals surface area contributed by atoms with E-state index in [4.69, 9.17) is 11.6 Å². The molecule has 0 aliphatic rings. The molecule has 2 rings (SSSR count). The quantitative estimate of drug-likeness (QED) is 0.518. The number of hydrogen-bond acceptors (Lipinski definition) is 3. The van der Waals surface area contributed by atoms with Crippen LogP contribution in [0.3, 0.4) is 0 Å². The third-order valence-electron chi connectivity index (χ3n) is 1.63. The van der Waals surface area contributed by atoms with Gasteiger partial charge in [0.25, 0.3) is 0 Å². The number of aromatic nitrogens is 2. The molecule has 0 atom stereocenters. The molecule has 0 saturated heterocycles. The van der Waals surface area contributed by atoms with E-state index in [9.17, 15) is 10.1 Å². The summed E-state index contributed by atoms with van der Waals surface area (Å²) in [6, 6.07) is 2.96. The summed E-state index contributed by atoms with van der Waals surface area (Å²) in [5, 5.41) is 10.8. The van der Waals surface area contributed by atoms with Crippen LogP contribution >= 0.6 is 11.6 Å². The lowest BCUT2D eigenvalue weighted by atomic mass is 10.4. The molecule has 66 valence electrons.